The van der Waals surface area contributed by atoms with Crippen LogP contribution in [0.1, 0.15) is 36.5 Å². The molecule has 0 fully saturated rings. The van der Waals surface area contributed by atoms with E-state index in [2.05, 4.69) is 39.2 Å². The van der Waals surface area contributed by atoms with Gasteiger partial charge in [0.05, 0.1) is 6.54 Å². The fourth-order valence-corrected chi connectivity index (χ4v) is 3.12. The molecule has 2 aromatic rings. The normalized spacial score (nSPS) is 10.8. The third-order valence-electron chi connectivity index (χ3n) is 3.87. The quantitative estimate of drug-likeness (QED) is 0.480. The summed E-state index contributed by atoms with van der Waals surface area (Å²) in [6.45, 7) is 5.71. The minimum absolute atomic E-state index is 0.0338. The highest BCUT2D eigenvalue weighted by atomic mass is 32.2. The largest absolute Gasteiger partial charge is 0.355 e. The first-order valence-corrected chi connectivity index (χ1v) is 10.3. The van der Waals surface area contributed by atoms with Crippen LogP contribution in [0.15, 0.2) is 35.5 Å². The third-order valence-corrected chi connectivity index (χ3v) is 4.54. The number of benzene rings is 1. The third kappa shape index (κ3) is 6.71. The van der Waals surface area contributed by atoms with Crippen molar-refractivity contribution in [3.8, 4) is 0 Å². The van der Waals surface area contributed by atoms with Gasteiger partial charge < -0.3 is 15.2 Å². The Kier molecular flexibility index (Phi) is 8.32. The van der Waals surface area contributed by atoms with E-state index in [1.165, 1.54) is 0 Å². The lowest BCUT2D eigenvalue weighted by molar-refractivity contribution is -0.120. The number of rotatable bonds is 10. The molecule has 1 aromatic heterocycles. The zero-order chi connectivity index (χ0) is 19.6. The van der Waals surface area contributed by atoms with Gasteiger partial charge in [-0.1, -0.05) is 43.8 Å². The van der Waals surface area contributed by atoms with Crippen LogP contribution in [0.4, 0.5) is 0 Å². The molecule has 0 bridgehead atoms. The van der Waals surface area contributed by atoms with E-state index in [0.29, 0.717) is 18.0 Å². The molecule has 0 aliphatic carbocycles. The van der Waals surface area contributed by atoms with Crippen LogP contribution in [0, 0.1) is 5.92 Å². The van der Waals surface area contributed by atoms with Crippen molar-refractivity contribution in [1.29, 1.82) is 0 Å². The van der Waals surface area contributed by atoms with E-state index in [1.54, 1.807) is 36.0 Å². The molecule has 0 spiro atoms. The maximum absolute atomic E-state index is 11.9. The van der Waals surface area contributed by atoms with Gasteiger partial charge in [0, 0.05) is 25.1 Å². The summed E-state index contributed by atoms with van der Waals surface area (Å²) in [6, 6.07) is 8.84. The van der Waals surface area contributed by atoms with Crippen molar-refractivity contribution < 1.29 is 9.59 Å². The van der Waals surface area contributed by atoms with Gasteiger partial charge in [-0.25, -0.2) is 0 Å². The van der Waals surface area contributed by atoms with Crippen molar-refractivity contribution >= 4 is 23.6 Å². The van der Waals surface area contributed by atoms with Crippen LogP contribution in [-0.2, 0) is 17.8 Å². The Morgan fingerprint density at radius 2 is 1.89 bits per heavy atom. The summed E-state index contributed by atoms with van der Waals surface area (Å²) in [5, 5.41) is 14.9. The maximum Gasteiger partial charge on any atom is 0.251 e. The summed E-state index contributed by atoms with van der Waals surface area (Å²) < 4.78 is 2.15. The second-order valence-corrected chi connectivity index (χ2v) is 7.38. The van der Waals surface area contributed by atoms with E-state index in [-0.39, 0.29) is 18.4 Å². The molecular weight excluding hydrogens is 362 g/mol. The minimum atomic E-state index is -0.253. The number of nitrogens with one attached hydrogen (secondary N) is 2. The van der Waals surface area contributed by atoms with E-state index in [0.717, 1.165) is 30.4 Å². The Morgan fingerprint density at radius 1 is 1.15 bits per heavy atom. The van der Waals surface area contributed by atoms with Crippen molar-refractivity contribution in [1.82, 2.24) is 25.4 Å². The molecule has 0 aliphatic rings. The Hall–Kier alpha value is -2.35. The molecule has 7 nitrogen and oxygen atoms in total. The van der Waals surface area contributed by atoms with Crippen LogP contribution in [0.5, 0.6) is 0 Å². The van der Waals surface area contributed by atoms with Gasteiger partial charge in [0.25, 0.3) is 5.91 Å². The molecule has 2 amide bonds. The van der Waals surface area contributed by atoms with Gasteiger partial charge in [-0.05, 0) is 30.7 Å². The molecule has 8 heteroatoms. The summed E-state index contributed by atoms with van der Waals surface area (Å²) >= 11 is 1.59. The number of amides is 2. The second kappa shape index (κ2) is 10.7. The molecule has 2 N–H and O–H groups in total. The Morgan fingerprint density at radius 3 is 2.56 bits per heavy atom. The molecule has 1 aromatic carbocycles. The summed E-state index contributed by atoms with van der Waals surface area (Å²) in [7, 11) is 0. The Balaban J connectivity index is 1.71. The van der Waals surface area contributed by atoms with E-state index in [4.69, 9.17) is 0 Å². The van der Waals surface area contributed by atoms with Gasteiger partial charge in [-0.15, -0.1) is 10.2 Å². The highest BCUT2D eigenvalue weighted by Gasteiger charge is 2.12. The fraction of sp³-hybridized carbons (Fsp3) is 0.474. The smallest absolute Gasteiger partial charge is 0.251 e. The SMILES string of the molecule is CSc1nnc(CCCNC(=O)CNC(=O)c2ccccc2)n1CC(C)C. The van der Waals surface area contributed by atoms with Crippen LogP contribution < -0.4 is 10.6 Å². The lowest BCUT2D eigenvalue weighted by Gasteiger charge is -2.12. The highest BCUT2D eigenvalue weighted by Crippen LogP contribution is 2.16. The molecule has 1 heterocycles. The Bertz CT molecular complexity index is 746. The number of carbonyl (C=O) groups is 2. The molecule has 0 radical (unpaired) electrons. The average Bonchev–Trinajstić information content (AvgIpc) is 3.05. The van der Waals surface area contributed by atoms with Crippen molar-refractivity contribution in [2.24, 2.45) is 5.92 Å². The lowest BCUT2D eigenvalue weighted by atomic mass is 10.2. The number of nitrogens with zero attached hydrogens (tertiary/aromatic N) is 3. The van der Waals surface area contributed by atoms with Gasteiger partial charge in [-0.2, -0.15) is 0 Å². The molecule has 0 unspecified atom stereocenters. The molecule has 27 heavy (non-hydrogen) atoms. The standard InChI is InChI=1S/C19H27N5O2S/c1-14(2)13-24-16(22-23-19(24)27-3)10-7-11-20-17(25)12-21-18(26)15-8-5-4-6-9-15/h4-6,8-9,14H,7,10-13H2,1-3H3,(H,20,25)(H,21,26). The van der Waals surface area contributed by atoms with Crippen molar-refractivity contribution in [2.45, 2.75) is 38.4 Å². The predicted octanol–water partition coefficient (Wildman–Crippen LogP) is 2.13. The summed E-state index contributed by atoms with van der Waals surface area (Å²) in [6.07, 6.45) is 3.51. The lowest BCUT2D eigenvalue weighted by Crippen LogP contribution is -2.37. The van der Waals surface area contributed by atoms with Gasteiger partial charge in [0.15, 0.2) is 5.16 Å². The predicted molar refractivity (Wildman–Crippen MR) is 107 cm³/mol. The first-order valence-electron chi connectivity index (χ1n) is 9.07. The average molecular weight is 390 g/mol. The number of hydrogen-bond acceptors (Lipinski definition) is 5. The highest BCUT2D eigenvalue weighted by molar-refractivity contribution is 7.98. The Labute approximate surface area is 164 Å². The summed E-state index contributed by atoms with van der Waals surface area (Å²) in [5.74, 6) is 1.00. The molecule has 0 aliphatic heterocycles. The zero-order valence-corrected chi connectivity index (χ0v) is 16.9. The summed E-state index contributed by atoms with van der Waals surface area (Å²) in [4.78, 5) is 23.8. The van der Waals surface area contributed by atoms with Crippen LogP contribution in [-0.4, -0.2) is 45.9 Å². The van der Waals surface area contributed by atoms with Gasteiger partial charge in [-0.3, -0.25) is 9.59 Å². The van der Waals surface area contributed by atoms with Crippen molar-refractivity contribution in [2.75, 3.05) is 19.3 Å². The van der Waals surface area contributed by atoms with Crippen LogP contribution in [0.3, 0.4) is 0 Å². The molecule has 146 valence electrons. The molecule has 2 rings (SSSR count). The fourth-order valence-electron chi connectivity index (χ4n) is 2.59. The monoisotopic (exact) mass is 389 g/mol. The van der Waals surface area contributed by atoms with E-state index in [9.17, 15) is 9.59 Å². The number of hydrogen-bond donors (Lipinski definition) is 2. The number of aromatic nitrogens is 3. The van der Waals surface area contributed by atoms with Gasteiger partial charge in [0.2, 0.25) is 5.91 Å². The van der Waals surface area contributed by atoms with Gasteiger partial charge in [0.1, 0.15) is 5.82 Å². The molecule has 0 saturated heterocycles. The maximum atomic E-state index is 11.9. The van der Waals surface area contributed by atoms with Crippen LogP contribution >= 0.6 is 11.8 Å². The molecule has 0 atom stereocenters. The first kappa shape index (κ1) is 21.0. The summed E-state index contributed by atoms with van der Waals surface area (Å²) in [5.41, 5.74) is 0.541. The number of aryl methyl sites for hydroxylation is 1. The molecular formula is C19H27N5O2S. The second-order valence-electron chi connectivity index (χ2n) is 6.61. The number of thioether (sulfide) groups is 1. The minimum Gasteiger partial charge on any atom is -0.355 e. The van der Waals surface area contributed by atoms with Crippen LogP contribution in [0.25, 0.3) is 0 Å². The van der Waals surface area contributed by atoms with Crippen molar-refractivity contribution in [3.63, 3.8) is 0 Å². The van der Waals surface area contributed by atoms with Crippen molar-refractivity contribution in [3.05, 3.63) is 41.7 Å². The van der Waals surface area contributed by atoms with Crippen LogP contribution in [0.2, 0.25) is 0 Å². The van der Waals surface area contributed by atoms with Gasteiger partial charge >= 0.3 is 0 Å². The topological polar surface area (TPSA) is 88.9 Å². The zero-order valence-electron chi connectivity index (χ0n) is 16.1. The van der Waals surface area contributed by atoms with E-state index in [1.807, 2.05) is 12.3 Å². The molecule has 0 saturated carbocycles. The van der Waals surface area contributed by atoms with E-state index >= 15 is 0 Å². The van der Waals surface area contributed by atoms with E-state index < -0.39 is 0 Å². The number of carbonyl (C=O) groups excluding carboxylic acids is 2. The first-order chi connectivity index (χ1) is 13.0.